The second-order valence-corrected chi connectivity index (χ2v) is 7.94. The van der Waals surface area contributed by atoms with Crippen molar-refractivity contribution in [3.63, 3.8) is 0 Å². The monoisotopic (exact) mass is 439 g/mol. The topological polar surface area (TPSA) is 118 Å². The van der Waals surface area contributed by atoms with Gasteiger partial charge in [-0.2, -0.15) is 0 Å². The summed E-state index contributed by atoms with van der Waals surface area (Å²) in [5, 5.41) is 30.0. The van der Waals surface area contributed by atoms with Crippen molar-refractivity contribution in [3.8, 4) is 5.75 Å². The van der Waals surface area contributed by atoms with Crippen molar-refractivity contribution < 1.29 is 19.7 Å². The van der Waals surface area contributed by atoms with Crippen LogP contribution in [0.2, 0.25) is 0 Å². The maximum atomic E-state index is 13.1. The molecule has 0 aromatic heterocycles. The summed E-state index contributed by atoms with van der Waals surface area (Å²) >= 11 is 0. The number of amides is 1. The molecule has 1 aromatic rings. The lowest BCUT2D eigenvalue weighted by Gasteiger charge is -2.35. The standard InChI is InChI=1S/C23H29N5O4/c1-14-6-5-9-20(24-14)26-23(31)22-15(2)25-21-11-10-18(27-28(21)22)17-7-3-4-8-19(17)32-13-16(30)12-29/h3-11,16,18,20-21,24-25,27,29-30H,12-13H2,1-2H3,(H,26,31)/t16-,18?,20?,21?/m1/s1. The molecular formula is C23H29N5O4. The number of nitrogens with zero attached hydrogens (tertiary/aromatic N) is 1. The lowest BCUT2D eigenvalue weighted by molar-refractivity contribution is -0.120. The van der Waals surface area contributed by atoms with Crippen molar-refractivity contribution in [2.75, 3.05) is 13.2 Å². The van der Waals surface area contributed by atoms with Crippen LogP contribution >= 0.6 is 0 Å². The molecule has 32 heavy (non-hydrogen) atoms. The van der Waals surface area contributed by atoms with Crippen molar-refractivity contribution in [1.29, 1.82) is 0 Å². The number of hydrazine groups is 1. The van der Waals surface area contributed by atoms with Crippen LogP contribution in [-0.2, 0) is 4.79 Å². The van der Waals surface area contributed by atoms with Crippen LogP contribution in [0.4, 0.5) is 0 Å². The Kier molecular flexibility index (Phi) is 6.50. The quantitative estimate of drug-likeness (QED) is 0.340. The van der Waals surface area contributed by atoms with Gasteiger partial charge in [0.2, 0.25) is 0 Å². The molecule has 0 radical (unpaired) electrons. The largest absolute Gasteiger partial charge is 0.490 e. The minimum absolute atomic E-state index is 0.0136. The van der Waals surface area contributed by atoms with E-state index in [1.54, 1.807) is 0 Å². The van der Waals surface area contributed by atoms with Crippen LogP contribution in [0.3, 0.4) is 0 Å². The Morgan fingerprint density at radius 2 is 2.03 bits per heavy atom. The van der Waals surface area contributed by atoms with Gasteiger partial charge in [0.05, 0.1) is 12.6 Å². The zero-order valence-corrected chi connectivity index (χ0v) is 18.1. The molecule has 4 atom stereocenters. The molecule has 0 saturated carbocycles. The van der Waals surface area contributed by atoms with Crippen molar-refractivity contribution in [3.05, 3.63) is 77.3 Å². The van der Waals surface area contributed by atoms with Crippen LogP contribution in [0.1, 0.15) is 25.5 Å². The van der Waals surface area contributed by atoms with E-state index in [1.807, 2.05) is 73.5 Å². The molecule has 9 nitrogen and oxygen atoms in total. The van der Waals surface area contributed by atoms with Gasteiger partial charge in [-0.15, -0.1) is 0 Å². The first-order valence-corrected chi connectivity index (χ1v) is 10.6. The molecule has 1 amide bonds. The van der Waals surface area contributed by atoms with E-state index in [4.69, 9.17) is 9.84 Å². The first-order valence-electron chi connectivity index (χ1n) is 10.6. The van der Waals surface area contributed by atoms with Gasteiger partial charge in [-0.25, -0.2) is 5.43 Å². The number of nitrogens with one attached hydrogen (secondary N) is 4. The summed E-state index contributed by atoms with van der Waals surface area (Å²) in [6.07, 6.45) is 8.33. The molecule has 3 aliphatic rings. The molecule has 3 heterocycles. The highest BCUT2D eigenvalue weighted by Crippen LogP contribution is 2.32. The Morgan fingerprint density at radius 3 is 2.81 bits per heavy atom. The molecule has 9 heteroatoms. The van der Waals surface area contributed by atoms with Crippen LogP contribution in [0.25, 0.3) is 0 Å². The van der Waals surface area contributed by atoms with Gasteiger partial charge in [-0.1, -0.05) is 30.4 Å². The summed E-state index contributed by atoms with van der Waals surface area (Å²) < 4.78 is 5.73. The molecule has 4 rings (SSSR count). The highest BCUT2D eigenvalue weighted by atomic mass is 16.5. The smallest absolute Gasteiger partial charge is 0.272 e. The van der Waals surface area contributed by atoms with Crippen LogP contribution in [0.15, 0.2) is 71.7 Å². The van der Waals surface area contributed by atoms with Crippen LogP contribution in [0.5, 0.6) is 5.75 Å². The van der Waals surface area contributed by atoms with Crippen LogP contribution < -0.4 is 26.1 Å². The number of hydrogen-bond donors (Lipinski definition) is 6. The molecule has 6 N–H and O–H groups in total. The van der Waals surface area contributed by atoms with E-state index in [0.717, 1.165) is 17.0 Å². The second kappa shape index (κ2) is 9.47. The van der Waals surface area contributed by atoms with E-state index < -0.39 is 6.10 Å². The Balaban J connectivity index is 1.49. The number of fused-ring (bicyclic) bond motifs is 1. The SMILES string of the molecule is CC1=CC=CC(NC(=O)C2=C(C)NC3C=CC(c4ccccc4OC[C@H](O)CO)NN23)N1. The molecular weight excluding hydrogens is 410 g/mol. The molecule has 3 aliphatic heterocycles. The minimum atomic E-state index is -0.952. The van der Waals surface area contributed by atoms with Crippen LogP contribution in [-0.4, -0.2) is 52.8 Å². The fourth-order valence-corrected chi connectivity index (χ4v) is 3.87. The van der Waals surface area contributed by atoms with E-state index >= 15 is 0 Å². The molecule has 3 unspecified atom stereocenters. The number of aliphatic hydroxyl groups excluding tert-OH is 2. The van der Waals surface area contributed by atoms with Gasteiger partial charge >= 0.3 is 0 Å². The van der Waals surface area contributed by atoms with Gasteiger partial charge in [0, 0.05) is 17.0 Å². The van der Waals surface area contributed by atoms with Crippen molar-refractivity contribution in [1.82, 2.24) is 26.4 Å². The maximum absolute atomic E-state index is 13.1. The number of aliphatic hydroxyl groups is 2. The molecule has 170 valence electrons. The molecule has 0 bridgehead atoms. The summed E-state index contributed by atoms with van der Waals surface area (Å²) in [7, 11) is 0. The van der Waals surface area contributed by atoms with E-state index in [2.05, 4.69) is 21.4 Å². The third-order valence-electron chi connectivity index (χ3n) is 5.43. The minimum Gasteiger partial charge on any atom is -0.490 e. The zero-order valence-electron chi connectivity index (χ0n) is 18.1. The van der Waals surface area contributed by atoms with E-state index in [9.17, 15) is 9.90 Å². The Labute approximate surface area is 187 Å². The lowest BCUT2D eigenvalue weighted by Crippen LogP contribution is -2.53. The number of allylic oxidation sites excluding steroid dienone is 4. The normalized spacial score (nSPS) is 24.9. The fourth-order valence-electron chi connectivity index (χ4n) is 3.87. The van der Waals surface area contributed by atoms with Crippen molar-refractivity contribution in [2.45, 2.75) is 38.3 Å². The van der Waals surface area contributed by atoms with Gasteiger partial charge in [0.1, 0.15) is 36.5 Å². The average molecular weight is 440 g/mol. The lowest BCUT2D eigenvalue weighted by atomic mass is 10.0. The highest BCUT2D eigenvalue weighted by molar-refractivity contribution is 5.94. The van der Waals surface area contributed by atoms with E-state index in [1.165, 1.54) is 0 Å². The van der Waals surface area contributed by atoms with Gasteiger partial charge in [-0.05, 0) is 38.1 Å². The summed E-state index contributed by atoms with van der Waals surface area (Å²) in [5.74, 6) is 0.393. The summed E-state index contributed by atoms with van der Waals surface area (Å²) in [5.41, 5.74) is 6.53. The molecule has 1 aromatic carbocycles. The first kappa shape index (κ1) is 21.9. The van der Waals surface area contributed by atoms with E-state index in [0.29, 0.717) is 11.4 Å². The summed E-state index contributed by atoms with van der Waals surface area (Å²) in [6.45, 7) is 3.44. The van der Waals surface area contributed by atoms with Crippen LogP contribution in [0, 0.1) is 0 Å². The zero-order chi connectivity index (χ0) is 22.7. The van der Waals surface area contributed by atoms with Crippen molar-refractivity contribution >= 4 is 5.91 Å². The number of rotatable bonds is 7. The van der Waals surface area contributed by atoms with Crippen molar-refractivity contribution in [2.24, 2.45) is 0 Å². The third kappa shape index (κ3) is 4.64. The summed E-state index contributed by atoms with van der Waals surface area (Å²) in [4.78, 5) is 13.1. The first-order chi connectivity index (χ1) is 15.5. The maximum Gasteiger partial charge on any atom is 0.272 e. The van der Waals surface area contributed by atoms with Gasteiger partial charge in [0.25, 0.3) is 5.91 Å². The number of ether oxygens (including phenoxy) is 1. The number of carbonyl (C=O) groups is 1. The second-order valence-electron chi connectivity index (χ2n) is 7.94. The predicted molar refractivity (Wildman–Crippen MR) is 119 cm³/mol. The predicted octanol–water partition coefficient (Wildman–Crippen LogP) is 0.502. The van der Waals surface area contributed by atoms with Gasteiger partial charge in [-0.3, -0.25) is 9.80 Å². The molecule has 0 aliphatic carbocycles. The van der Waals surface area contributed by atoms with E-state index in [-0.39, 0.29) is 37.5 Å². The highest BCUT2D eigenvalue weighted by Gasteiger charge is 2.37. The van der Waals surface area contributed by atoms with Gasteiger partial charge < -0.3 is 30.9 Å². The average Bonchev–Trinajstić information content (AvgIpc) is 3.12. The number of benzene rings is 1. The summed E-state index contributed by atoms with van der Waals surface area (Å²) in [6, 6.07) is 7.24. The Morgan fingerprint density at radius 1 is 1.22 bits per heavy atom. The number of para-hydroxylation sites is 1. The Hall–Kier alpha value is -3.27. The number of carbonyl (C=O) groups excluding carboxylic acids is 1. The Bertz CT molecular complexity index is 986. The third-order valence-corrected chi connectivity index (χ3v) is 5.43. The fraction of sp³-hybridized carbons (Fsp3) is 0.348. The number of hydrogen-bond acceptors (Lipinski definition) is 8. The van der Waals surface area contributed by atoms with Gasteiger partial charge in [0.15, 0.2) is 0 Å². The number of dihydropyridines is 1. The molecule has 0 fully saturated rings. The molecule has 0 saturated heterocycles. The molecule has 0 spiro atoms.